The highest BCUT2D eigenvalue weighted by molar-refractivity contribution is 5.78. The Bertz CT molecular complexity index is 201. The van der Waals surface area contributed by atoms with Gasteiger partial charge in [-0.3, -0.25) is 4.79 Å². The summed E-state index contributed by atoms with van der Waals surface area (Å²) in [5.74, 6) is -0.192. The van der Waals surface area contributed by atoms with Gasteiger partial charge in [0.2, 0.25) is 5.91 Å². The summed E-state index contributed by atoms with van der Waals surface area (Å²) in [5, 5.41) is 22.3. The summed E-state index contributed by atoms with van der Waals surface area (Å²) in [6, 6.07) is 1.99. The molecule has 5 heteroatoms. The standard InChI is InChI=1S/C9H17N3O2/c1-2-8(3-6-13)12-7-9(14)11-5-4-10/h8,12-13H,2-3,5-7H2,1H3,(H,11,14). The Morgan fingerprint density at radius 2 is 2.36 bits per heavy atom. The van der Waals surface area contributed by atoms with E-state index < -0.39 is 0 Å². The molecule has 5 nitrogen and oxygen atoms in total. The lowest BCUT2D eigenvalue weighted by molar-refractivity contribution is -0.120. The van der Waals surface area contributed by atoms with Crippen molar-refractivity contribution in [3.63, 3.8) is 0 Å². The van der Waals surface area contributed by atoms with Crippen molar-refractivity contribution in [1.29, 1.82) is 5.26 Å². The van der Waals surface area contributed by atoms with Gasteiger partial charge in [0.25, 0.3) is 0 Å². The smallest absolute Gasteiger partial charge is 0.234 e. The molecule has 0 bridgehead atoms. The molecule has 1 unspecified atom stereocenters. The molecule has 1 atom stereocenters. The first-order chi connectivity index (χ1) is 6.74. The van der Waals surface area contributed by atoms with E-state index in [9.17, 15) is 4.79 Å². The van der Waals surface area contributed by atoms with Crippen LogP contribution in [0.2, 0.25) is 0 Å². The predicted octanol–water partition coefficient (Wildman–Crippen LogP) is -0.623. The zero-order chi connectivity index (χ0) is 10.8. The third-order valence-corrected chi connectivity index (χ3v) is 1.89. The first kappa shape index (κ1) is 12.9. The number of nitrogens with one attached hydrogen (secondary N) is 2. The second-order valence-corrected chi connectivity index (χ2v) is 2.93. The van der Waals surface area contributed by atoms with Crippen LogP contribution in [0, 0.1) is 11.3 Å². The van der Waals surface area contributed by atoms with Gasteiger partial charge in [-0.2, -0.15) is 5.26 Å². The van der Waals surface area contributed by atoms with Crippen molar-refractivity contribution in [2.45, 2.75) is 25.8 Å². The topological polar surface area (TPSA) is 85.2 Å². The summed E-state index contributed by atoms with van der Waals surface area (Å²) in [5.41, 5.74) is 0. The van der Waals surface area contributed by atoms with E-state index in [2.05, 4.69) is 10.6 Å². The van der Waals surface area contributed by atoms with Crippen LogP contribution in [0.4, 0.5) is 0 Å². The summed E-state index contributed by atoms with van der Waals surface area (Å²) < 4.78 is 0. The number of rotatable bonds is 7. The average molecular weight is 199 g/mol. The molecule has 0 spiro atoms. The first-order valence-electron chi connectivity index (χ1n) is 4.72. The van der Waals surface area contributed by atoms with Crippen molar-refractivity contribution in [3.8, 4) is 6.07 Å². The van der Waals surface area contributed by atoms with Gasteiger partial charge in [0.1, 0.15) is 6.54 Å². The summed E-state index contributed by atoms with van der Waals surface area (Å²) in [4.78, 5) is 11.0. The van der Waals surface area contributed by atoms with Crippen molar-refractivity contribution in [2.75, 3.05) is 19.7 Å². The molecule has 0 aliphatic heterocycles. The number of nitrogens with zero attached hydrogens (tertiary/aromatic N) is 1. The fourth-order valence-corrected chi connectivity index (χ4v) is 1.04. The molecule has 14 heavy (non-hydrogen) atoms. The van der Waals surface area contributed by atoms with E-state index >= 15 is 0 Å². The van der Waals surface area contributed by atoms with Crippen molar-refractivity contribution >= 4 is 5.91 Å². The van der Waals surface area contributed by atoms with Gasteiger partial charge in [-0.1, -0.05) is 6.92 Å². The third kappa shape index (κ3) is 6.40. The number of carbonyl (C=O) groups is 1. The molecule has 0 aromatic rings. The Hall–Kier alpha value is -1.12. The molecule has 3 N–H and O–H groups in total. The highest BCUT2D eigenvalue weighted by Gasteiger charge is 2.06. The maximum Gasteiger partial charge on any atom is 0.234 e. The van der Waals surface area contributed by atoms with Gasteiger partial charge in [-0.05, 0) is 12.8 Å². The molecule has 0 fully saturated rings. The van der Waals surface area contributed by atoms with Crippen LogP contribution in [0.3, 0.4) is 0 Å². The highest BCUT2D eigenvalue weighted by atomic mass is 16.3. The number of carbonyl (C=O) groups excluding carboxylic acids is 1. The zero-order valence-corrected chi connectivity index (χ0v) is 8.42. The van der Waals surface area contributed by atoms with Crippen molar-refractivity contribution in [1.82, 2.24) is 10.6 Å². The Kier molecular flexibility index (Phi) is 7.80. The number of amides is 1. The molecule has 0 rings (SSSR count). The number of hydrogen-bond acceptors (Lipinski definition) is 4. The van der Waals surface area contributed by atoms with Gasteiger partial charge >= 0.3 is 0 Å². The normalized spacial score (nSPS) is 11.8. The maximum atomic E-state index is 11.0. The highest BCUT2D eigenvalue weighted by Crippen LogP contribution is 1.95. The summed E-state index contributed by atoms with van der Waals surface area (Å²) >= 11 is 0. The van der Waals surface area contributed by atoms with E-state index in [4.69, 9.17) is 10.4 Å². The Morgan fingerprint density at radius 1 is 1.64 bits per heavy atom. The minimum atomic E-state index is -0.192. The predicted molar refractivity (Wildman–Crippen MR) is 52.4 cm³/mol. The summed E-state index contributed by atoms with van der Waals surface area (Å²) in [7, 11) is 0. The molecule has 0 heterocycles. The van der Waals surface area contributed by atoms with Crippen LogP contribution < -0.4 is 10.6 Å². The van der Waals surface area contributed by atoms with Crippen LogP contribution in [-0.2, 0) is 4.79 Å². The molecule has 80 valence electrons. The molecular weight excluding hydrogens is 182 g/mol. The van der Waals surface area contributed by atoms with Gasteiger partial charge in [-0.15, -0.1) is 0 Å². The van der Waals surface area contributed by atoms with Crippen LogP contribution in [0.1, 0.15) is 19.8 Å². The second kappa shape index (κ2) is 8.48. The molecule has 1 amide bonds. The van der Waals surface area contributed by atoms with Crippen molar-refractivity contribution in [3.05, 3.63) is 0 Å². The number of aliphatic hydroxyl groups is 1. The van der Waals surface area contributed by atoms with E-state index in [1.165, 1.54) is 0 Å². The van der Waals surface area contributed by atoms with Gasteiger partial charge in [-0.25, -0.2) is 0 Å². The molecule has 0 aliphatic rings. The molecule has 0 aliphatic carbocycles. The van der Waals surface area contributed by atoms with E-state index in [0.717, 1.165) is 6.42 Å². The van der Waals surface area contributed by atoms with Gasteiger partial charge in [0.15, 0.2) is 0 Å². The lowest BCUT2D eigenvalue weighted by Crippen LogP contribution is -2.39. The third-order valence-electron chi connectivity index (χ3n) is 1.89. The average Bonchev–Trinajstić information content (AvgIpc) is 2.21. The van der Waals surface area contributed by atoms with Crippen molar-refractivity contribution in [2.24, 2.45) is 0 Å². The van der Waals surface area contributed by atoms with E-state index in [1.807, 2.05) is 13.0 Å². The summed E-state index contributed by atoms with van der Waals surface area (Å²) in [6.45, 7) is 2.34. The van der Waals surface area contributed by atoms with E-state index in [1.54, 1.807) is 0 Å². The van der Waals surface area contributed by atoms with Crippen LogP contribution in [0.15, 0.2) is 0 Å². The van der Waals surface area contributed by atoms with Crippen LogP contribution in [0.5, 0.6) is 0 Å². The van der Waals surface area contributed by atoms with E-state index in [-0.39, 0.29) is 31.6 Å². The van der Waals surface area contributed by atoms with E-state index in [0.29, 0.717) is 6.42 Å². The molecule has 0 saturated heterocycles. The lowest BCUT2D eigenvalue weighted by atomic mass is 10.1. The fraction of sp³-hybridized carbons (Fsp3) is 0.778. The summed E-state index contributed by atoms with van der Waals surface area (Å²) in [6.07, 6.45) is 1.51. The van der Waals surface area contributed by atoms with Gasteiger partial charge in [0.05, 0.1) is 12.6 Å². The minimum Gasteiger partial charge on any atom is -0.396 e. The van der Waals surface area contributed by atoms with Gasteiger partial charge < -0.3 is 15.7 Å². The molecule has 0 saturated carbocycles. The Labute approximate surface area is 84.1 Å². The lowest BCUT2D eigenvalue weighted by Gasteiger charge is -2.14. The van der Waals surface area contributed by atoms with Crippen LogP contribution in [-0.4, -0.2) is 36.8 Å². The largest absolute Gasteiger partial charge is 0.396 e. The minimum absolute atomic E-state index is 0.0390. The number of nitriles is 1. The maximum absolute atomic E-state index is 11.0. The molecule has 0 aromatic heterocycles. The second-order valence-electron chi connectivity index (χ2n) is 2.93. The van der Waals surface area contributed by atoms with Gasteiger partial charge in [0, 0.05) is 12.6 Å². The monoisotopic (exact) mass is 199 g/mol. The molecule has 0 aromatic carbocycles. The van der Waals surface area contributed by atoms with Crippen LogP contribution >= 0.6 is 0 Å². The Balaban J connectivity index is 3.58. The number of hydrogen-bond donors (Lipinski definition) is 3. The van der Waals surface area contributed by atoms with Crippen molar-refractivity contribution < 1.29 is 9.90 Å². The Morgan fingerprint density at radius 3 is 2.86 bits per heavy atom. The SMILES string of the molecule is CCC(CCO)NCC(=O)NCC#N. The van der Waals surface area contributed by atoms with Crippen LogP contribution in [0.25, 0.3) is 0 Å². The number of aliphatic hydroxyl groups excluding tert-OH is 1. The zero-order valence-electron chi connectivity index (χ0n) is 8.42. The molecular formula is C9H17N3O2. The first-order valence-corrected chi connectivity index (χ1v) is 4.72. The fourth-order valence-electron chi connectivity index (χ4n) is 1.04. The molecule has 0 radical (unpaired) electrons. The quantitative estimate of drug-likeness (QED) is 0.477.